The van der Waals surface area contributed by atoms with E-state index in [1.54, 1.807) is 6.92 Å². The van der Waals surface area contributed by atoms with Gasteiger partial charge in [-0.15, -0.1) is 0 Å². The van der Waals surface area contributed by atoms with Gasteiger partial charge >= 0.3 is 12.1 Å². The number of anilines is 1. The van der Waals surface area contributed by atoms with Gasteiger partial charge in [0, 0.05) is 12.5 Å². The van der Waals surface area contributed by atoms with E-state index in [1.165, 1.54) is 18.2 Å². The average molecular weight is 346 g/mol. The van der Waals surface area contributed by atoms with Crippen LogP contribution in [0.5, 0.6) is 0 Å². The molecule has 0 aliphatic carbocycles. The van der Waals surface area contributed by atoms with Gasteiger partial charge in [-0.2, -0.15) is 13.2 Å². The van der Waals surface area contributed by atoms with Crippen molar-refractivity contribution in [2.75, 3.05) is 5.32 Å². The fraction of sp³-hybridized carbons (Fsp3) is 0.500. The molecule has 3 N–H and O–H groups in total. The molecule has 2 unspecified atom stereocenters. The monoisotopic (exact) mass is 346 g/mol. The number of carbonyl (C=O) groups excluding carboxylic acids is 1. The van der Waals surface area contributed by atoms with Gasteiger partial charge in [-0.1, -0.05) is 25.5 Å². The maximum absolute atomic E-state index is 12.9. The highest BCUT2D eigenvalue weighted by molar-refractivity contribution is 5.92. The van der Waals surface area contributed by atoms with Gasteiger partial charge in [0.15, 0.2) is 0 Å². The topological polar surface area (TPSA) is 78.4 Å². The summed E-state index contributed by atoms with van der Waals surface area (Å²) in [6, 6.07) is 3.42. The molecule has 1 amide bonds. The number of aliphatic carboxylic acids is 1. The minimum absolute atomic E-state index is 0.139. The molecule has 0 aliphatic rings. The maximum atomic E-state index is 12.9. The van der Waals surface area contributed by atoms with Gasteiger partial charge in [-0.05, 0) is 25.5 Å². The van der Waals surface area contributed by atoms with Crippen molar-refractivity contribution in [2.24, 2.45) is 0 Å². The summed E-state index contributed by atoms with van der Waals surface area (Å²) in [4.78, 5) is 23.0. The Morgan fingerprint density at radius 3 is 2.42 bits per heavy atom. The summed E-state index contributed by atoms with van der Waals surface area (Å²) in [5, 5.41) is 14.1. The zero-order valence-corrected chi connectivity index (χ0v) is 13.5. The normalized spacial score (nSPS) is 14.0. The fourth-order valence-corrected chi connectivity index (χ4v) is 2.29. The number of carboxylic acids is 1. The highest BCUT2D eigenvalue weighted by atomic mass is 19.4. The number of benzene rings is 1. The molecule has 0 bridgehead atoms. The Morgan fingerprint density at radius 1 is 1.25 bits per heavy atom. The SMILES string of the molecule is CCCC(NC(C)CC(=O)Nc1ccccc1C(F)(F)F)C(=O)O. The van der Waals surface area contributed by atoms with Crippen LogP contribution in [-0.4, -0.2) is 29.1 Å². The molecule has 0 aromatic heterocycles. The lowest BCUT2D eigenvalue weighted by molar-refractivity contribution is -0.140. The Balaban J connectivity index is 2.68. The van der Waals surface area contributed by atoms with E-state index >= 15 is 0 Å². The number of hydrogen-bond donors (Lipinski definition) is 3. The molecule has 0 spiro atoms. The Labute approximate surface area is 138 Å². The zero-order valence-electron chi connectivity index (χ0n) is 13.5. The summed E-state index contributed by atoms with van der Waals surface area (Å²) in [5.74, 6) is -1.64. The molecule has 0 aliphatic heterocycles. The van der Waals surface area contributed by atoms with Crippen LogP contribution in [0.1, 0.15) is 38.7 Å². The Kier molecular flexibility index (Phi) is 7.21. The number of hydrogen-bond acceptors (Lipinski definition) is 3. The zero-order chi connectivity index (χ0) is 18.3. The molecule has 0 radical (unpaired) electrons. The van der Waals surface area contributed by atoms with Crippen molar-refractivity contribution in [3.05, 3.63) is 29.8 Å². The summed E-state index contributed by atoms with van der Waals surface area (Å²) in [5.41, 5.74) is -1.24. The number of rotatable bonds is 8. The van der Waals surface area contributed by atoms with E-state index in [2.05, 4.69) is 10.6 Å². The molecule has 1 aromatic carbocycles. The maximum Gasteiger partial charge on any atom is 0.418 e. The average Bonchev–Trinajstić information content (AvgIpc) is 2.45. The Morgan fingerprint density at radius 2 is 1.88 bits per heavy atom. The number of amides is 1. The van der Waals surface area contributed by atoms with Crippen LogP contribution in [0.25, 0.3) is 0 Å². The fourth-order valence-electron chi connectivity index (χ4n) is 2.29. The molecule has 1 rings (SSSR count). The van der Waals surface area contributed by atoms with Gasteiger partial charge in [0.25, 0.3) is 0 Å². The Hall–Kier alpha value is -2.09. The van der Waals surface area contributed by atoms with Crippen LogP contribution in [0.3, 0.4) is 0 Å². The molecule has 5 nitrogen and oxygen atoms in total. The lowest BCUT2D eigenvalue weighted by atomic mass is 10.1. The van der Waals surface area contributed by atoms with E-state index in [1.807, 2.05) is 6.92 Å². The van der Waals surface area contributed by atoms with E-state index in [9.17, 15) is 22.8 Å². The number of para-hydroxylation sites is 1. The number of nitrogens with one attached hydrogen (secondary N) is 2. The Bertz CT molecular complexity index is 576. The third-order valence-corrected chi connectivity index (χ3v) is 3.36. The summed E-state index contributed by atoms with van der Waals surface area (Å²) in [6.45, 7) is 3.45. The predicted octanol–water partition coefficient (Wildman–Crippen LogP) is 3.27. The van der Waals surface area contributed by atoms with Crippen molar-refractivity contribution < 1.29 is 27.9 Å². The van der Waals surface area contributed by atoms with Crippen molar-refractivity contribution in [1.29, 1.82) is 0 Å². The number of carboxylic acid groups (broad SMARTS) is 1. The third kappa shape index (κ3) is 6.19. The predicted molar refractivity (Wildman–Crippen MR) is 83.6 cm³/mol. The summed E-state index contributed by atoms with van der Waals surface area (Å²) in [6.07, 6.45) is -3.65. The van der Waals surface area contributed by atoms with Crippen molar-refractivity contribution in [1.82, 2.24) is 5.32 Å². The smallest absolute Gasteiger partial charge is 0.418 e. The van der Waals surface area contributed by atoms with Gasteiger partial charge in [-0.25, -0.2) is 0 Å². The van der Waals surface area contributed by atoms with Crippen LogP contribution in [0.2, 0.25) is 0 Å². The van der Waals surface area contributed by atoms with E-state index in [-0.39, 0.29) is 12.1 Å². The van der Waals surface area contributed by atoms with E-state index < -0.39 is 35.7 Å². The van der Waals surface area contributed by atoms with Gasteiger partial charge in [0.1, 0.15) is 6.04 Å². The standard InChI is InChI=1S/C16H21F3N2O3/c1-3-6-13(15(23)24)20-10(2)9-14(22)21-12-8-5-4-7-11(12)16(17,18)19/h4-5,7-8,10,13,20H,3,6,9H2,1-2H3,(H,21,22)(H,23,24). The summed E-state index contributed by atoms with van der Waals surface area (Å²) >= 11 is 0. The quantitative estimate of drug-likeness (QED) is 0.675. The van der Waals surface area contributed by atoms with Crippen LogP contribution in [0.4, 0.5) is 18.9 Å². The first kappa shape index (κ1) is 20.0. The first-order valence-corrected chi connectivity index (χ1v) is 7.60. The molecule has 134 valence electrons. The van der Waals surface area contributed by atoms with E-state index in [0.29, 0.717) is 12.8 Å². The van der Waals surface area contributed by atoms with Gasteiger partial charge in [-0.3, -0.25) is 9.59 Å². The van der Waals surface area contributed by atoms with Crippen molar-refractivity contribution in [2.45, 2.75) is 51.4 Å². The lowest BCUT2D eigenvalue weighted by Gasteiger charge is -2.20. The van der Waals surface area contributed by atoms with Crippen LogP contribution in [-0.2, 0) is 15.8 Å². The van der Waals surface area contributed by atoms with Crippen LogP contribution in [0.15, 0.2) is 24.3 Å². The van der Waals surface area contributed by atoms with Crippen molar-refractivity contribution in [3.63, 3.8) is 0 Å². The molecular formula is C16H21F3N2O3. The molecular weight excluding hydrogens is 325 g/mol. The highest BCUT2D eigenvalue weighted by Crippen LogP contribution is 2.34. The number of alkyl halides is 3. The molecule has 0 fully saturated rings. The van der Waals surface area contributed by atoms with E-state index in [0.717, 1.165) is 6.07 Å². The second-order valence-electron chi connectivity index (χ2n) is 5.54. The van der Waals surface area contributed by atoms with Crippen LogP contribution < -0.4 is 10.6 Å². The molecule has 0 saturated carbocycles. The molecule has 8 heteroatoms. The second kappa shape index (κ2) is 8.68. The summed E-state index contributed by atoms with van der Waals surface area (Å²) in [7, 11) is 0. The molecule has 0 saturated heterocycles. The van der Waals surface area contributed by atoms with Crippen LogP contribution in [0, 0.1) is 0 Å². The van der Waals surface area contributed by atoms with Crippen LogP contribution >= 0.6 is 0 Å². The minimum atomic E-state index is -4.57. The van der Waals surface area contributed by atoms with Gasteiger partial charge in [0.2, 0.25) is 5.91 Å². The van der Waals surface area contributed by atoms with Crippen molar-refractivity contribution >= 4 is 17.6 Å². The largest absolute Gasteiger partial charge is 0.480 e. The molecule has 2 atom stereocenters. The van der Waals surface area contributed by atoms with Gasteiger partial charge in [0.05, 0.1) is 11.3 Å². The second-order valence-corrected chi connectivity index (χ2v) is 5.54. The van der Waals surface area contributed by atoms with Crippen molar-refractivity contribution in [3.8, 4) is 0 Å². The number of halogens is 3. The van der Waals surface area contributed by atoms with E-state index in [4.69, 9.17) is 5.11 Å². The number of carbonyl (C=O) groups is 2. The highest BCUT2D eigenvalue weighted by Gasteiger charge is 2.33. The molecule has 0 heterocycles. The van der Waals surface area contributed by atoms with Gasteiger partial charge < -0.3 is 15.7 Å². The third-order valence-electron chi connectivity index (χ3n) is 3.36. The molecule has 1 aromatic rings. The minimum Gasteiger partial charge on any atom is -0.480 e. The molecule has 24 heavy (non-hydrogen) atoms. The summed E-state index contributed by atoms with van der Waals surface area (Å²) < 4.78 is 38.6. The first-order valence-electron chi connectivity index (χ1n) is 7.60. The first-order chi connectivity index (χ1) is 11.1. The lowest BCUT2D eigenvalue weighted by Crippen LogP contribution is -2.43.